The van der Waals surface area contributed by atoms with E-state index in [1.807, 2.05) is 0 Å². The van der Waals surface area contributed by atoms with Gasteiger partial charge in [0.05, 0.1) is 79.3 Å². The lowest BCUT2D eigenvalue weighted by Gasteiger charge is -2.27. The number of alkyl halides is 6. The van der Waals surface area contributed by atoms with Crippen LogP contribution in [0.2, 0.25) is 0 Å². The average molecular weight is 706 g/mol. The minimum atomic E-state index is -5.43. The molecule has 47 heavy (non-hydrogen) atoms. The van der Waals surface area contributed by atoms with Crippen LogP contribution in [-0.4, -0.2) is 169 Å². The molecule has 3 N–H and O–H groups in total. The molecule has 1 saturated heterocycles. The second-order valence-electron chi connectivity index (χ2n) is 10.5. The summed E-state index contributed by atoms with van der Waals surface area (Å²) in [5.74, 6) is 0. The molecule has 19 heteroatoms. The van der Waals surface area contributed by atoms with E-state index in [9.17, 15) is 41.7 Å². The maximum absolute atomic E-state index is 13.8. The van der Waals surface area contributed by atoms with Crippen molar-refractivity contribution in [2.24, 2.45) is 0 Å². The number of nitrogens with zero attached hydrogens (tertiary/aromatic N) is 1. The van der Waals surface area contributed by atoms with Gasteiger partial charge in [-0.3, -0.25) is 0 Å². The maximum Gasteiger partial charge on any atom is 0.495 e. The van der Waals surface area contributed by atoms with Crippen molar-refractivity contribution in [3.05, 3.63) is 12.7 Å². The third kappa shape index (κ3) is 25.4. The van der Waals surface area contributed by atoms with Gasteiger partial charge >= 0.3 is 18.5 Å². The van der Waals surface area contributed by atoms with Gasteiger partial charge in [0.25, 0.3) is 0 Å². The van der Waals surface area contributed by atoms with E-state index in [0.29, 0.717) is 26.4 Å². The Morgan fingerprint density at radius 2 is 1.00 bits per heavy atom. The minimum Gasteiger partial charge on any atom is -0.388 e. The minimum absolute atomic E-state index is 0.0227. The fourth-order valence-electron chi connectivity index (χ4n) is 3.85. The molecule has 13 nitrogen and oxygen atoms in total. The highest BCUT2D eigenvalue weighted by Crippen LogP contribution is 2.33. The second-order valence-corrected chi connectivity index (χ2v) is 10.5. The van der Waals surface area contributed by atoms with Crippen molar-refractivity contribution in [3.63, 3.8) is 0 Å². The number of hydrogen-bond acceptors (Lipinski definition) is 13. The number of piperidine rings is 1. The lowest BCUT2D eigenvalue weighted by Crippen LogP contribution is -2.44. The molecule has 0 spiro atoms. The third-order valence-corrected chi connectivity index (χ3v) is 5.92. The van der Waals surface area contributed by atoms with Gasteiger partial charge in [-0.15, -0.1) is 15.4 Å². The van der Waals surface area contributed by atoms with Gasteiger partial charge in [0.2, 0.25) is 0 Å². The van der Waals surface area contributed by atoms with Gasteiger partial charge in [0, 0.05) is 6.54 Å². The van der Waals surface area contributed by atoms with Gasteiger partial charge in [-0.25, -0.2) is 9.47 Å². The highest BCUT2D eigenvalue weighted by Gasteiger charge is 2.52. The Morgan fingerprint density at radius 3 is 1.53 bits per heavy atom. The van der Waals surface area contributed by atoms with Crippen LogP contribution in [0, 0.1) is 0 Å². The largest absolute Gasteiger partial charge is 0.495 e. The molecule has 3 atom stereocenters. The highest BCUT2D eigenvalue weighted by molar-refractivity contribution is 4.65. The molecule has 0 aliphatic carbocycles. The van der Waals surface area contributed by atoms with E-state index in [4.69, 9.17) is 23.7 Å². The SMILES string of the molecule is C=CCOCCOCC(O)COCC(O)COCCOCC(F)(F)OC(F)(F)OC(F)(F)COCC(O)COCCN1CCCCC1. The Hall–Kier alpha value is -1.20. The van der Waals surface area contributed by atoms with Gasteiger partial charge < -0.3 is 53.4 Å². The average Bonchev–Trinajstić information content (AvgIpc) is 2.98. The summed E-state index contributed by atoms with van der Waals surface area (Å²) >= 11 is 0. The van der Waals surface area contributed by atoms with Gasteiger partial charge in [-0.05, 0) is 25.9 Å². The van der Waals surface area contributed by atoms with Crippen LogP contribution in [0.3, 0.4) is 0 Å². The lowest BCUT2D eigenvalue weighted by atomic mass is 10.1. The Morgan fingerprint density at radius 1 is 0.574 bits per heavy atom. The quantitative estimate of drug-likeness (QED) is 0.0416. The normalized spacial score (nSPS) is 17.1. The highest BCUT2D eigenvalue weighted by atomic mass is 19.3. The van der Waals surface area contributed by atoms with Gasteiger partial charge in [-0.1, -0.05) is 12.5 Å². The Labute approximate surface area is 270 Å². The fraction of sp³-hybridized carbons (Fsp3) is 0.929. The molecule has 1 rings (SSSR count). The zero-order chi connectivity index (χ0) is 35.0. The Kier molecular flexibility index (Phi) is 23.2. The predicted molar refractivity (Wildman–Crippen MR) is 151 cm³/mol. The predicted octanol–water partition coefficient (Wildman–Crippen LogP) is 1.63. The first-order chi connectivity index (χ1) is 22.2. The van der Waals surface area contributed by atoms with E-state index in [0.717, 1.165) is 25.9 Å². The number of halogens is 6. The van der Waals surface area contributed by atoms with E-state index in [2.05, 4.69) is 30.4 Å². The van der Waals surface area contributed by atoms with E-state index in [-0.39, 0.29) is 46.2 Å². The summed E-state index contributed by atoms with van der Waals surface area (Å²) < 4.78 is 123. The number of rotatable bonds is 31. The zero-order valence-corrected chi connectivity index (χ0v) is 26.4. The molecule has 0 aromatic rings. The standard InChI is InChI=1S/C28H49F6NO12/c1-2-9-39-11-12-41-16-23(36)18-44-19-24(37)17-42-13-14-43-21-26(29,30)46-28(33,34)47-27(31,32)22-45-20-25(38)15-40-10-8-35-6-4-3-5-7-35/h2,23-25,36-38H,1,3-22H2. The molecular weight excluding hydrogens is 656 g/mol. The van der Waals surface area contributed by atoms with E-state index in [1.165, 1.54) is 6.42 Å². The van der Waals surface area contributed by atoms with Crippen molar-refractivity contribution in [3.8, 4) is 0 Å². The molecule has 1 heterocycles. The van der Waals surface area contributed by atoms with Crippen LogP contribution < -0.4 is 0 Å². The van der Waals surface area contributed by atoms with Gasteiger partial charge in [-0.2, -0.15) is 17.6 Å². The molecule has 0 bridgehead atoms. The molecule has 0 saturated carbocycles. The lowest BCUT2D eigenvalue weighted by molar-refractivity contribution is -0.518. The van der Waals surface area contributed by atoms with Crippen molar-refractivity contribution in [2.45, 2.75) is 56.1 Å². The van der Waals surface area contributed by atoms with Gasteiger partial charge in [0.15, 0.2) is 0 Å². The number of aliphatic hydroxyl groups excluding tert-OH is 3. The van der Waals surface area contributed by atoms with E-state index < -0.39 is 63.3 Å². The number of likely N-dealkylation sites (tertiary alicyclic amines) is 1. The van der Waals surface area contributed by atoms with Gasteiger partial charge in [0.1, 0.15) is 31.5 Å². The first kappa shape index (κ1) is 43.8. The molecule has 1 aliphatic heterocycles. The zero-order valence-electron chi connectivity index (χ0n) is 26.4. The summed E-state index contributed by atoms with van der Waals surface area (Å²) in [4.78, 5) is 2.18. The van der Waals surface area contributed by atoms with E-state index >= 15 is 0 Å². The van der Waals surface area contributed by atoms with Crippen LogP contribution >= 0.6 is 0 Å². The van der Waals surface area contributed by atoms with Crippen LogP contribution in [0.5, 0.6) is 0 Å². The summed E-state index contributed by atoms with van der Waals surface area (Å²) in [5, 5.41) is 29.3. The molecule has 1 fully saturated rings. The van der Waals surface area contributed by atoms with Crippen molar-refractivity contribution in [1.29, 1.82) is 0 Å². The summed E-state index contributed by atoms with van der Waals surface area (Å²) in [6, 6.07) is 0. The number of hydrogen-bond donors (Lipinski definition) is 3. The Bertz CT molecular complexity index is 786. The van der Waals surface area contributed by atoms with E-state index in [1.54, 1.807) is 6.08 Å². The monoisotopic (exact) mass is 705 g/mol. The first-order valence-electron chi connectivity index (χ1n) is 15.2. The molecule has 280 valence electrons. The first-order valence-corrected chi connectivity index (χ1v) is 15.2. The molecule has 0 aromatic carbocycles. The van der Waals surface area contributed by atoms with Crippen LogP contribution in [0.4, 0.5) is 26.3 Å². The van der Waals surface area contributed by atoms with Crippen LogP contribution in [-0.2, 0) is 42.6 Å². The second kappa shape index (κ2) is 24.9. The van der Waals surface area contributed by atoms with Crippen LogP contribution in [0.15, 0.2) is 12.7 Å². The summed E-state index contributed by atoms with van der Waals surface area (Å²) in [6.07, 6.45) is -13.4. The van der Waals surface area contributed by atoms with Crippen molar-refractivity contribution >= 4 is 0 Å². The van der Waals surface area contributed by atoms with Crippen molar-refractivity contribution < 1.29 is 84.3 Å². The third-order valence-electron chi connectivity index (χ3n) is 5.92. The number of aliphatic hydroxyl groups is 3. The summed E-state index contributed by atoms with van der Waals surface area (Å²) in [5.41, 5.74) is 0. The summed E-state index contributed by atoms with van der Waals surface area (Å²) in [6.45, 7) is 1.14. The molecular formula is C28H49F6NO12. The molecule has 0 amide bonds. The summed E-state index contributed by atoms with van der Waals surface area (Å²) in [7, 11) is 0. The molecule has 3 unspecified atom stereocenters. The van der Waals surface area contributed by atoms with Crippen LogP contribution in [0.1, 0.15) is 19.3 Å². The van der Waals surface area contributed by atoms with Crippen molar-refractivity contribution in [2.75, 3.05) is 112 Å². The molecule has 1 aliphatic rings. The Balaban J connectivity index is 2.12. The smallest absolute Gasteiger partial charge is 0.388 e. The fourth-order valence-corrected chi connectivity index (χ4v) is 3.85. The van der Waals surface area contributed by atoms with Crippen LogP contribution in [0.25, 0.3) is 0 Å². The topological polar surface area (TPSA) is 147 Å². The number of ether oxygens (including phenoxy) is 9. The molecule has 0 aromatic heterocycles. The molecule has 0 radical (unpaired) electrons. The van der Waals surface area contributed by atoms with Crippen molar-refractivity contribution in [1.82, 2.24) is 4.90 Å². The maximum atomic E-state index is 13.8.